The van der Waals surface area contributed by atoms with Crippen LogP contribution >= 0.6 is 0 Å². The highest BCUT2D eigenvalue weighted by Gasteiger charge is 2.19. The first-order valence-corrected chi connectivity index (χ1v) is 6.06. The lowest BCUT2D eigenvalue weighted by atomic mass is 10.2. The Bertz CT molecular complexity index is 179. The van der Waals surface area contributed by atoms with Crippen LogP contribution in [0.3, 0.4) is 0 Å². The van der Waals surface area contributed by atoms with Crippen LogP contribution in [-0.4, -0.2) is 50.1 Å². The lowest BCUT2D eigenvalue weighted by molar-refractivity contribution is -0.163. The zero-order valence-electron chi connectivity index (χ0n) is 9.36. The Morgan fingerprint density at radius 3 is 2.93 bits per heavy atom. The summed E-state index contributed by atoms with van der Waals surface area (Å²) in [6, 6.07) is 0.371. The molecule has 1 unspecified atom stereocenters. The van der Waals surface area contributed by atoms with Gasteiger partial charge in [-0.1, -0.05) is 0 Å². The normalized spacial score (nSPS) is 33.4. The fraction of sp³-hybridized carbons (Fsp3) is 1.00. The van der Waals surface area contributed by atoms with Gasteiger partial charge in [0.05, 0.1) is 6.61 Å². The molecule has 2 N–H and O–H groups in total. The van der Waals surface area contributed by atoms with Crippen molar-refractivity contribution in [3.8, 4) is 0 Å². The Morgan fingerprint density at radius 1 is 1.33 bits per heavy atom. The number of hydrogen-bond donors (Lipinski definition) is 1. The average Bonchev–Trinajstić information content (AvgIpc) is 2.66. The van der Waals surface area contributed by atoms with Crippen molar-refractivity contribution in [1.29, 1.82) is 0 Å². The van der Waals surface area contributed by atoms with Crippen LogP contribution in [0.4, 0.5) is 0 Å². The molecule has 2 fully saturated rings. The smallest absolute Gasteiger partial charge is 0.157 e. The molecule has 4 nitrogen and oxygen atoms in total. The highest BCUT2D eigenvalue weighted by atomic mass is 16.7. The molecule has 0 saturated carbocycles. The zero-order valence-corrected chi connectivity index (χ0v) is 9.36. The fourth-order valence-corrected chi connectivity index (χ4v) is 2.22. The van der Waals surface area contributed by atoms with Crippen molar-refractivity contribution in [2.45, 2.75) is 38.0 Å². The lowest BCUT2D eigenvalue weighted by Crippen LogP contribution is -2.31. The lowest BCUT2D eigenvalue weighted by Gasteiger charge is -2.24. The summed E-state index contributed by atoms with van der Waals surface area (Å²) in [6.45, 7) is 4.77. The molecule has 4 heteroatoms. The molecule has 0 spiro atoms. The molecule has 2 atom stereocenters. The van der Waals surface area contributed by atoms with E-state index in [0.29, 0.717) is 6.04 Å². The Morgan fingerprint density at radius 2 is 2.27 bits per heavy atom. The highest BCUT2D eigenvalue weighted by Crippen LogP contribution is 2.14. The van der Waals surface area contributed by atoms with Gasteiger partial charge in [-0.3, -0.25) is 4.90 Å². The first-order chi connectivity index (χ1) is 7.34. The molecular formula is C11H22N2O2. The number of likely N-dealkylation sites (tertiary alicyclic amines) is 1. The summed E-state index contributed by atoms with van der Waals surface area (Å²) in [7, 11) is 0. The molecule has 0 bridgehead atoms. The molecule has 88 valence electrons. The fourth-order valence-electron chi connectivity index (χ4n) is 2.22. The predicted molar refractivity (Wildman–Crippen MR) is 58.6 cm³/mol. The Balaban J connectivity index is 1.54. The first-order valence-electron chi connectivity index (χ1n) is 6.06. The summed E-state index contributed by atoms with van der Waals surface area (Å²) in [5.74, 6) is 0. The third kappa shape index (κ3) is 3.72. The van der Waals surface area contributed by atoms with E-state index < -0.39 is 0 Å². The summed E-state index contributed by atoms with van der Waals surface area (Å²) >= 11 is 0. The predicted octanol–water partition coefficient (Wildman–Crippen LogP) is 0.563. The van der Waals surface area contributed by atoms with Crippen molar-refractivity contribution in [1.82, 2.24) is 4.90 Å². The summed E-state index contributed by atoms with van der Waals surface area (Å²) < 4.78 is 11.2. The van der Waals surface area contributed by atoms with Gasteiger partial charge >= 0.3 is 0 Å². The molecule has 2 rings (SSSR count). The molecule has 0 aromatic heterocycles. The molecule has 2 aliphatic heterocycles. The van der Waals surface area contributed by atoms with E-state index in [2.05, 4.69) is 4.90 Å². The second kappa shape index (κ2) is 5.80. The Hall–Kier alpha value is -0.160. The van der Waals surface area contributed by atoms with E-state index in [9.17, 15) is 0 Å². The molecule has 0 aromatic rings. The largest absolute Gasteiger partial charge is 0.353 e. The minimum atomic E-state index is 0.0510. The number of ether oxygens (including phenoxy) is 2. The van der Waals surface area contributed by atoms with E-state index in [1.54, 1.807) is 0 Å². The van der Waals surface area contributed by atoms with Gasteiger partial charge in [0.25, 0.3) is 0 Å². The maximum Gasteiger partial charge on any atom is 0.157 e. The van der Waals surface area contributed by atoms with E-state index in [1.165, 1.54) is 12.8 Å². The van der Waals surface area contributed by atoms with Crippen LogP contribution in [0, 0.1) is 0 Å². The summed E-state index contributed by atoms with van der Waals surface area (Å²) in [4.78, 5) is 2.37. The van der Waals surface area contributed by atoms with Gasteiger partial charge in [-0.2, -0.15) is 0 Å². The number of rotatable bonds is 4. The summed E-state index contributed by atoms with van der Waals surface area (Å²) in [6.07, 6.45) is 4.65. The van der Waals surface area contributed by atoms with Crippen LogP contribution in [0.15, 0.2) is 0 Å². The second-order valence-corrected chi connectivity index (χ2v) is 4.52. The zero-order chi connectivity index (χ0) is 10.5. The van der Waals surface area contributed by atoms with Crippen molar-refractivity contribution in [2.24, 2.45) is 5.73 Å². The van der Waals surface area contributed by atoms with Crippen LogP contribution in [0.25, 0.3) is 0 Å². The summed E-state index contributed by atoms with van der Waals surface area (Å²) in [5, 5.41) is 0. The van der Waals surface area contributed by atoms with Crippen molar-refractivity contribution in [2.75, 3.05) is 32.8 Å². The van der Waals surface area contributed by atoms with Gasteiger partial charge in [0.1, 0.15) is 0 Å². The van der Waals surface area contributed by atoms with E-state index in [4.69, 9.17) is 15.2 Å². The van der Waals surface area contributed by atoms with Crippen LogP contribution in [-0.2, 0) is 9.47 Å². The number of hydrogen-bond acceptors (Lipinski definition) is 4. The van der Waals surface area contributed by atoms with Crippen LogP contribution in [0.5, 0.6) is 0 Å². The Labute approximate surface area is 91.7 Å². The van der Waals surface area contributed by atoms with E-state index in [0.717, 1.165) is 45.7 Å². The maximum absolute atomic E-state index is 5.83. The van der Waals surface area contributed by atoms with E-state index in [1.807, 2.05) is 0 Å². The maximum atomic E-state index is 5.83. The van der Waals surface area contributed by atoms with Crippen LogP contribution in [0.2, 0.25) is 0 Å². The first kappa shape index (κ1) is 11.3. The molecule has 0 radical (unpaired) electrons. The van der Waals surface area contributed by atoms with Crippen LogP contribution < -0.4 is 5.73 Å². The minimum absolute atomic E-state index is 0.0510. The average molecular weight is 214 g/mol. The summed E-state index contributed by atoms with van der Waals surface area (Å²) in [5.41, 5.74) is 5.83. The van der Waals surface area contributed by atoms with Gasteiger partial charge in [-0.15, -0.1) is 0 Å². The minimum Gasteiger partial charge on any atom is -0.353 e. The van der Waals surface area contributed by atoms with E-state index in [-0.39, 0.29) is 6.29 Å². The second-order valence-electron chi connectivity index (χ2n) is 4.52. The SMILES string of the molecule is N[C@H]1CCN(CCOC2CCCCO2)C1. The molecule has 0 aromatic carbocycles. The van der Waals surface area contributed by atoms with Crippen molar-refractivity contribution < 1.29 is 9.47 Å². The highest BCUT2D eigenvalue weighted by molar-refractivity contribution is 4.77. The standard InChI is InChI=1S/C11H22N2O2/c12-10-4-5-13(9-10)6-8-15-11-3-1-2-7-14-11/h10-11H,1-9,12H2/t10-,11?/m0/s1. The number of nitrogens with two attached hydrogens (primary N) is 1. The van der Waals surface area contributed by atoms with Crippen molar-refractivity contribution >= 4 is 0 Å². The monoisotopic (exact) mass is 214 g/mol. The Kier molecular flexibility index (Phi) is 4.38. The van der Waals surface area contributed by atoms with Gasteiger partial charge in [-0.05, 0) is 32.2 Å². The molecule has 0 aliphatic carbocycles. The third-order valence-corrected chi connectivity index (χ3v) is 3.16. The van der Waals surface area contributed by atoms with Gasteiger partial charge < -0.3 is 15.2 Å². The van der Waals surface area contributed by atoms with Crippen LogP contribution in [0.1, 0.15) is 25.7 Å². The third-order valence-electron chi connectivity index (χ3n) is 3.16. The molecule has 2 saturated heterocycles. The number of nitrogens with zero attached hydrogens (tertiary/aromatic N) is 1. The van der Waals surface area contributed by atoms with Crippen molar-refractivity contribution in [3.63, 3.8) is 0 Å². The van der Waals surface area contributed by atoms with Crippen molar-refractivity contribution in [3.05, 3.63) is 0 Å². The van der Waals surface area contributed by atoms with Gasteiger partial charge in [0.15, 0.2) is 6.29 Å². The topological polar surface area (TPSA) is 47.7 Å². The molecular weight excluding hydrogens is 192 g/mol. The molecule has 0 amide bonds. The van der Waals surface area contributed by atoms with E-state index >= 15 is 0 Å². The quantitative estimate of drug-likeness (QED) is 0.743. The van der Waals surface area contributed by atoms with Gasteiger partial charge in [0.2, 0.25) is 0 Å². The molecule has 2 heterocycles. The van der Waals surface area contributed by atoms with Gasteiger partial charge in [0, 0.05) is 25.7 Å². The van der Waals surface area contributed by atoms with Gasteiger partial charge in [-0.25, -0.2) is 0 Å². The molecule has 15 heavy (non-hydrogen) atoms. The molecule has 2 aliphatic rings.